The second kappa shape index (κ2) is 14.2. The molecule has 1 heterocycles. The molecule has 0 saturated carbocycles. The number of aliphatic hydroxyl groups excluding tert-OH is 2. The lowest BCUT2D eigenvalue weighted by Gasteiger charge is -2.10. The summed E-state index contributed by atoms with van der Waals surface area (Å²) < 4.78 is 10.4. The Balaban J connectivity index is 2.29. The molecule has 0 radical (unpaired) electrons. The van der Waals surface area contributed by atoms with Crippen LogP contribution in [0.15, 0.2) is 36.5 Å². The first-order chi connectivity index (χ1) is 13.1. The van der Waals surface area contributed by atoms with Crippen LogP contribution in [0.4, 0.5) is 0 Å². The largest absolute Gasteiger partial charge is 0.469 e. The van der Waals surface area contributed by atoms with E-state index < -0.39 is 18.3 Å². The van der Waals surface area contributed by atoms with Crippen LogP contribution in [0.3, 0.4) is 0 Å². The fourth-order valence-corrected chi connectivity index (χ4v) is 2.62. The summed E-state index contributed by atoms with van der Waals surface area (Å²) >= 11 is 0. The molecule has 4 atom stereocenters. The third-order valence-corrected chi connectivity index (χ3v) is 4.11. The van der Waals surface area contributed by atoms with Gasteiger partial charge in [-0.15, -0.1) is 11.8 Å². The summed E-state index contributed by atoms with van der Waals surface area (Å²) in [6, 6.07) is 0. The van der Waals surface area contributed by atoms with Crippen molar-refractivity contribution in [1.82, 2.24) is 0 Å². The van der Waals surface area contributed by atoms with E-state index >= 15 is 0 Å². The summed E-state index contributed by atoms with van der Waals surface area (Å²) in [5.74, 6) is 5.37. The van der Waals surface area contributed by atoms with Crippen LogP contribution in [0.2, 0.25) is 0 Å². The van der Waals surface area contributed by atoms with Gasteiger partial charge in [-0.25, -0.2) is 0 Å². The van der Waals surface area contributed by atoms with Gasteiger partial charge in [0.05, 0.1) is 31.8 Å². The van der Waals surface area contributed by atoms with Crippen LogP contribution < -0.4 is 0 Å². The summed E-state index contributed by atoms with van der Waals surface area (Å²) in [7, 11) is 1.34. The van der Waals surface area contributed by atoms with E-state index in [1.54, 1.807) is 12.2 Å². The zero-order valence-corrected chi connectivity index (χ0v) is 16.3. The first kappa shape index (κ1) is 23.2. The van der Waals surface area contributed by atoms with Crippen LogP contribution in [-0.4, -0.2) is 47.7 Å². The van der Waals surface area contributed by atoms with Gasteiger partial charge in [0.15, 0.2) is 0 Å². The fraction of sp³-hybridized carbons (Fsp3) is 0.591. The van der Waals surface area contributed by atoms with Gasteiger partial charge in [-0.05, 0) is 19.3 Å². The summed E-state index contributed by atoms with van der Waals surface area (Å²) in [6.45, 7) is 2.11. The summed E-state index contributed by atoms with van der Waals surface area (Å²) in [4.78, 5) is 10.9. The molecule has 27 heavy (non-hydrogen) atoms. The molecule has 0 aromatic heterocycles. The van der Waals surface area contributed by atoms with Gasteiger partial charge in [0.1, 0.15) is 6.10 Å². The summed E-state index contributed by atoms with van der Waals surface area (Å²) in [6.07, 6.45) is 14.4. The van der Waals surface area contributed by atoms with E-state index in [4.69, 9.17) is 4.74 Å². The van der Waals surface area contributed by atoms with E-state index in [0.717, 1.165) is 19.3 Å². The van der Waals surface area contributed by atoms with Crippen LogP contribution in [0.5, 0.6) is 0 Å². The predicted octanol–water partition coefficient (Wildman–Crippen LogP) is 3.07. The lowest BCUT2D eigenvalue weighted by Crippen LogP contribution is -2.18. The Morgan fingerprint density at radius 3 is 2.81 bits per heavy atom. The van der Waals surface area contributed by atoms with Gasteiger partial charge in [0, 0.05) is 19.3 Å². The third kappa shape index (κ3) is 10.8. The Kier molecular flexibility index (Phi) is 12.2. The minimum absolute atomic E-state index is 0.00342. The minimum Gasteiger partial charge on any atom is -0.469 e. The van der Waals surface area contributed by atoms with Crippen LogP contribution in [0.1, 0.15) is 51.9 Å². The number of carbonyl (C=O) groups is 1. The van der Waals surface area contributed by atoms with Crippen molar-refractivity contribution in [1.29, 1.82) is 0 Å². The van der Waals surface area contributed by atoms with Crippen molar-refractivity contribution in [2.45, 2.75) is 76.3 Å². The lowest BCUT2D eigenvalue weighted by atomic mass is 10.1. The first-order valence-corrected chi connectivity index (χ1v) is 9.59. The van der Waals surface area contributed by atoms with E-state index in [9.17, 15) is 15.0 Å². The Hall–Kier alpha value is -1.87. The zero-order chi connectivity index (χ0) is 19.9. The Bertz CT molecular complexity index is 567. The number of esters is 1. The summed E-state index contributed by atoms with van der Waals surface area (Å²) in [5.41, 5.74) is 0. The molecule has 1 aliphatic rings. The average molecular weight is 376 g/mol. The number of methoxy groups -OCH3 is 1. The number of hydrogen-bond acceptors (Lipinski definition) is 5. The maximum absolute atomic E-state index is 10.9. The normalized spacial score (nSPS) is 23.8. The minimum atomic E-state index is -0.726. The van der Waals surface area contributed by atoms with E-state index in [1.165, 1.54) is 7.11 Å². The Morgan fingerprint density at radius 2 is 2.07 bits per heavy atom. The highest BCUT2D eigenvalue weighted by molar-refractivity contribution is 5.69. The molecule has 5 heteroatoms. The molecule has 0 aliphatic carbocycles. The summed E-state index contributed by atoms with van der Waals surface area (Å²) in [5, 5.41) is 20.0. The molecule has 150 valence electrons. The number of hydrogen-bond donors (Lipinski definition) is 2. The van der Waals surface area contributed by atoms with E-state index in [-0.39, 0.29) is 24.9 Å². The molecule has 1 fully saturated rings. The molecule has 0 aromatic rings. The Labute approximate surface area is 162 Å². The van der Waals surface area contributed by atoms with E-state index in [0.29, 0.717) is 12.8 Å². The number of carbonyl (C=O) groups excluding carboxylic acids is 1. The van der Waals surface area contributed by atoms with Gasteiger partial charge in [-0.1, -0.05) is 43.4 Å². The van der Waals surface area contributed by atoms with Crippen LogP contribution >= 0.6 is 0 Å². The highest BCUT2D eigenvalue weighted by atomic mass is 16.5. The van der Waals surface area contributed by atoms with Crippen molar-refractivity contribution in [3.8, 4) is 11.8 Å². The lowest BCUT2D eigenvalue weighted by molar-refractivity contribution is -0.140. The first-order valence-electron chi connectivity index (χ1n) is 9.59. The molecule has 0 bridgehead atoms. The SMILES string of the molecule is CC/C=C\C/C=C\CC1CC(O)C(/C=C/C(O)CC#CCCC(=O)OC)O1. The zero-order valence-electron chi connectivity index (χ0n) is 16.3. The van der Waals surface area contributed by atoms with Crippen molar-refractivity contribution in [3.63, 3.8) is 0 Å². The predicted molar refractivity (Wildman–Crippen MR) is 106 cm³/mol. The highest BCUT2D eigenvalue weighted by Gasteiger charge is 2.31. The van der Waals surface area contributed by atoms with E-state index in [1.807, 2.05) is 0 Å². The van der Waals surface area contributed by atoms with E-state index in [2.05, 4.69) is 47.8 Å². The van der Waals surface area contributed by atoms with Gasteiger partial charge in [-0.2, -0.15) is 0 Å². The van der Waals surface area contributed by atoms with Crippen molar-refractivity contribution in [2.24, 2.45) is 0 Å². The van der Waals surface area contributed by atoms with Gasteiger partial charge in [-0.3, -0.25) is 4.79 Å². The molecule has 2 N–H and O–H groups in total. The van der Waals surface area contributed by atoms with Crippen LogP contribution in [0, 0.1) is 11.8 Å². The number of aliphatic hydroxyl groups is 2. The van der Waals surface area contributed by atoms with Crippen LogP contribution in [0.25, 0.3) is 0 Å². The fourth-order valence-electron chi connectivity index (χ4n) is 2.62. The quantitative estimate of drug-likeness (QED) is 0.348. The third-order valence-electron chi connectivity index (χ3n) is 4.11. The molecule has 0 aromatic carbocycles. The smallest absolute Gasteiger partial charge is 0.306 e. The van der Waals surface area contributed by atoms with Crippen molar-refractivity contribution in [3.05, 3.63) is 36.5 Å². The van der Waals surface area contributed by atoms with Crippen molar-refractivity contribution < 1.29 is 24.5 Å². The number of ether oxygens (including phenoxy) is 2. The molecule has 1 saturated heterocycles. The molecule has 0 amide bonds. The molecular weight excluding hydrogens is 344 g/mol. The average Bonchev–Trinajstić information content (AvgIpc) is 3.01. The van der Waals surface area contributed by atoms with Gasteiger partial charge < -0.3 is 19.7 Å². The second-order valence-corrected chi connectivity index (χ2v) is 6.43. The standard InChI is InChI=1S/C22H32O5/c1-3-4-5-6-7-10-13-19-17-20(24)21(27-19)16-15-18(23)12-9-8-11-14-22(25)26-2/h4-5,7,10,15-16,18-21,23-24H,3,6,11-14,17H2,1-2H3/b5-4-,10-7-,16-15+. The second-order valence-electron chi connectivity index (χ2n) is 6.43. The maximum Gasteiger partial charge on any atom is 0.306 e. The van der Waals surface area contributed by atoms with Gasteiger partial charge in [0.25, 0.3) is 0 Å². The molecule has 0 spiro atoms. The number of rotatable bonds is 10. The molecule has 4 unspecified atom stereocenters. The van der Waals surface area contributed by atoms with Crippen molar-refractivity contribution in [2.75, 3.05) is 7.11 Å². The maximum atomic E-state index is 10.9. The topological polar surface area (TPSA) is 76.0 Å². The number of allylic oxidation sites excluding steroid dienone is 3. The molecule has 1 rings (SSSR count). The van der Waals surface area contributed by atoms with Crippen molar-refractivity contribution >= 4 is 5.97 Å². The van der Waals surface area contributed by atoms with Gasteiger partial charge in [0.2, 0.25) is 0 Å². The van der Waals surface area contributed by atoms with Gasteiger partial charge >= 0.3 is 5.97 Å². The highest BCUT2D eigenvalue weighted by Crippen LogP contribution is 2.24. The molecule has 5 nitrogen and oxygen atoms in total. The Morgan fingerprint density at radius 1 is 1.30 bits per heavy atom. The van der Waals surface area contributed by atoms with Crippen LogP contribution in [-0.2, 0) is 14.3 Å². The molecule has 1 aliphatic heterocycles. The molecular formula is C22H32O5. The monoisotopic (exact) mass is 376 g/mol.